The summed E-state index contributed by atoms with van der Waals surface area (Å²) in [5, 5.41) is 9.00. The number of rotatable bonds is 3. The molecular formula is C8H15NO4S2. The average Bonchev–Trinajstić information content (AvgIpc) is 2.45. The molecule has 2 atom stereocenters. The van der Waals surface area contributed by atoms with Crippen molar-refractivity contribution in [2.75, 3.05) is 19.4 Å². The Hall–Kier alpha value is -0.110. The first-order valence-electron chi connectivity index (χ1n) is 4.59. The minimum Gasteiger partial charge on any atom is -0.395 e. The Bertz CT molecular complexity index is 341. The zero-order valence-corrected chi connectivity index (χ0v) is 10.3. The van der Waals surface area contributed by atoms with Crippen LogP contribution < -0.4 is 0 Å². The number of carbonyl (C=O) groups is 1. The Morgan fingerprint density at radius 2 is 2.20 bits per heavy atom. The van der Waals surface area contributed by atoms with Gasteiger partial charge in [0, 0.05) is 24.8 Å². The van der Waals surface area contributed by atoms with Crippen LogP contribution in [0.1, 0.15) is 13.3 Å². The van der Waals surface area contributed by atoms with E-state index in [-0.39, 0.29) is 23.0 Å². The first-order valence-corrected chi connectivity index (χ1v) is 7.32. The quantitative estimate of drug-likeness (QED) is 0.745. The van der Waals surface area contributed by atoms with Crippen molar-refractivity contribution in [2.24, 2.45) is 0 Å². The summed E-state index contributed by atoms with van der Waals surface area (Å²) in [7, 11) is -3.28. The van der Waals surface area contributed by atoms with Crippen LogP contribution >= 0.6 is 11.8 Å². The molecule has 0 unspecified atom stereocenters. The maximum Gasteiger partial charge on any atom is 0.211 e. The molecule has 0 saturated carbocycles. The molecule has 88 valence electrons. The molecule has 1 heterocycles. The lowest BCUT2D eigenvalue weighted by Gasteiger charge is -2.19. The van der Waals surface area contributed by atoms with Crippen molar-refractivity contribution in [3.05, 3.63) is 0 Å². The van der Waals surface area contributed by atoms with Crippen molar-refractivity contribution in [3.63, 3.8) is 0 Å². The molecule has 0 aromatic heterocycles. The summed E-state index contributed by atoms with van der Waals surface area (Å²) < 4.78 is 24.0. The number of sulfonamides is 1. The van der Waals surface area contributed by atoms with Gasteiger partial charge in [0.25, 0.3) is 0 Å². The monoisotopic (exact) mass is 253 g/mol. The number of aliphatic hydroxyl groups excluding tert-OH is 1. The third-order valence-corrected chi connectivity index (χ3v) is 4.60. The molecule has 5 nitrogen and oxygen atoms in total. The van der Waals surface area contributed by atoms with E-state index in [9.17, 15) is 13.2 Å². The number of aliphatic hydroxyl groups is 1. The summed E-state index contributed by atoms with van der Waals surface area (Å²) in [6.07, 6.45) is 1.66. The van der Waals surface area contributed by atoms with E-state index in [1.807, 2.05) is 0 Å². The lowest BCUT2D eigenvalue weighted by atomic mass is 10.2. The van der Waals surface area contributed by atoms with Gasteiger partial charge in [0.1, 0.15) is 0 Å². The Morgan fingerprint density at radius 3 is 2.53 bits per heavy atom. The van der Waals surface area contributed by atoms with E-state index in [0.29, 0.717) is 13.0 Å². The fourth-order valence-electron chi connectivity index (χ4n) is 1.74. The van der Waals surface area contributed by atoms with E-state index in [0.717, 1.165) is 18.0 Å². The van der Waals surface area contributed by atoms with E-state index in [4.69, 9.17) is 5.11 Å². The third-order valence-electron chi connectivity index (χ3n) is 2.30. The van der Waals surface area contributed by atoms with Gasteiger partial charge < -0.3 is 5.11 Å². The average molecular weight is 253 g/mol. The van der Waals surface area contributed by atoms with Crippen LogP contribution in [0.15, 0.2) is 0 Å². The minimum absolute atomic E-state index is 0.0213. The molecule has 1 N–H and O–H groups in total. The predicted molar refractivity (Wildman–Crippen MR) is 59.1 cm³/mol. The summed E-state index contributed by atoms with van der Waals surface area (Å²) >= 11 is 1.14. The van der Waals surface area contributed by atoms with Crippen LogP contribution in [0.2, 0.25) is 0 Å². The summed E-state index contributed by atoms with van der Waals surface area (Å²) in [5.41, 5.74) is 0. The van der Waals surface area contributed by atoms with Crippen LogP contribution in [0.5, 0.6) is 0 Å². The Morgan fingerprint density at radius 1 is 1.60 bits per heavy atom. The van der Waals surface area contributed by atoms with Gasteiger partial charge in [-0.3, -0.25) is 4.79 Å². The fraction of sp³-hybridized carbons (Fsp3) is 0.875. The highest BCUT2D eigenvalue weighted by Crippen LogP contribution is 2.29. The number of hydrogen-bond acceptors (Lipinski definition) is 5. The van der Waals surface area contributed by atoms with Crippen LogP contribution in [0.3, 0.4) is 0 Å². The molecule has 0 bridgehead atoms. The third kappa shape index (κ3) is 3.44. The molecule has 1 rings (SSSR count). The molecule has 0 spiro atoms. The maximum absolute atomic E-state index is 11.4. The van der Waals surface area contributed by atoms with Crippen molar-refractivity contribution in [2.45, 2.75) is 24.6 Å². The topological polar surface area (TPSA) is 74.7 Å². The molecular weight excluding hydrogens is 238 g/mol. The maximum atomic E-state index is 11.4. The number of nitrogens with zero attached hydrogens (tertiary/aromatic N) is 1. The highest BCUT2D eigenvalue weighted by Gasteiger charge is 2.37. The van der Waals surface area contributed by atoms with E-state index >= 15 is 0 Å². The van der Waals surface area contributed by atoms with Gasteiger partial charge in [-0.2, -0.15) is 4.31 Å². The zero-order valence-electron chi connectivity index (χ0n) is 8.71. The number of carbonyl (C=O) groups excluding carboxylic acids is 1. The van der Waals surface area contributed by atoms with Gasteiger partial charge in [-0.05, 0) is 6.42 Å². The summed E-state index contributed by atoms with van der Waals surface area (Å²) in [6, 6.07) is -0.378. The molecule has 1 aliphatic rings. The van der Waals surface area contributed by atoms with Crippen molar-refractivity contribution in [1.82, 2.24) is 4.31 Å². The molecule has 1 aliphatic heterocycles. The zero-order chi connectivity index (χ0) is 11.6. The van der Waals surface area contributed by atoms with Gasteiger partial charge in [-0.15, -0.1) is 0 Å². The largest absolute Gasteiger partial charge is 0.395 e. The smallest absolute Gasteiger partial charge is 0.211 e. The molecule has 0 amide bonds. The Kier molecular flexibility index (Phi) is 4.16. The van der Waals surface area contributed by atoms with Gasteiger partial charge in [0.2, 0.25) is 10.0 Å². The molecule has 0 aliphatic carbocycles. The van der Waals surface area contributed by atoms with E-state index in [1.54, 1.807) is 0 Å². The highest BCUT2D eigenvalue weighted by atomic mass is 32.2. The van der Waals surface area contributed by atoms with Crippen molar-refractivity contribution in [1.29, 1.82) is 0 Å². The van der Waals surface area contributed by atoms with Crippen LogP contribution in [-0.4, -0.2) is 53.6 Å². The molecule has 1 saturated heterocycles. The van der Waals surface area contributed by atoms with Crippen LogP contribution in [0, 0.1) is 0 Å². The summed E-state index contributed by atoms with van der Waals surface area (Å²) in [5.74, 6) is 0. The first kappa shape index (κ1) is 13.0. The highest BCUT2D eigenvalue weighted by molar-refractivity contribution is 8.14. The number of thioether (sulfide) groups is 1. The van der Waals surface area contributed by atoms with Gasteiger partial charge in [0.15, 0.2) is 5.12 Å². The SMILES string of the molecule is CC(=O)S[C@@H]1C[C@@H](CO)N(S(C)(=O)=O)C1. The van der Waals surface area contributed by atoms with Crippen LogP contribution in [-0.2, 0) is 14.8 Å². The van der Waals surface area contributed by atoms with Gasteiger partial charge in [0.05, 0.1) is 12.9 Å². The second kappa shape index (κ2) is 4.82. The summed E-state index contributed by atoms with van der Waals surface area (Å²) in [4.78, 5) is 10.9. The minimum atomic E-state index is -3.28. The van der Waals surface area contributed by atoms with Crippen LogP contribution in [0.4, 0.5) is 0 Å². The predicted octanol–water partition coefficient (Wildman–Crippen LogP) is -0.339. The Labute approximate surface area is 93.9 Å². The second-order valence-electron chi connectivity index (χ2n) is 3.64. The van der Waals surface area contributed by atoms with Crippen LogP contribution in [0.25, 0.3) is 0 Å². The van der Waals surface area contributed by atoms with Crippen molar-refractivity contribution < 1.29 is 18.3 Å². The normalized spacial score (nSPS) is 28.2. The van der Waals surface area contributed by atoms with Gasteiger partial charge in [-0.1, -0.05) is 11.8 Å². The molecule has 1 fully saturated rings. The molecule has 7 heteroatoms. The second-order valence-corrected chi connectivity index (χ2v) is 7.05. The Balaban J connectivity index is 2.71. The van der Waals surface area contributed by atoms with Gasteiger partial charge in [-0.25, -0.2) is 8.42 Å². The molecule has 0 radical (unpaired) electrons. The standard InChI is InChI=1S/C8H15NO4S2/c1-6(11)14-8-3-7(5-10)9(4-8)15(2,12)13/h7-8,10H,3-5H2,1-2H3/t7-,8+/m0/s1. The molecule has 0 aromatic carbocycles. The first-order chi connectivity index (χ1) is 6.84. The fourth-order valence-corrected chi connectivity index (χ4v) is 4.00. The van der Waals surface area contributed by atoms with Crippen molar-refractivity contribution >= 4 is 26.9 Å². The lowest BCUT2D eigenvalue weighted by molar-refractivity contribution is -0.109. The molecule has 0 aromatic rings. The lowest BCUT2D eigenvalue weighted by Crippen LogP contribution is -2.37. The molecule has 15 heavy (non-hydrogen) atoms. The number of hydrogen-bond donors (Lipinski definition) is 1. The summed E-state index contributed by atoms with van der Waals surface area (Å²) in [6.45, 7) is 1.58. The van der Waals surface area contributed by atoms with E-state index in [1.165, 1.54) is 11.2 Å². The van der Waals surface area contributed by atoms with Gasteiger partial charge >= 0.3 is 0 Å². The van der Waals surface area contributed by atoms with E-state index < -0.39 is 10.0 Å². The van der Waals surface area contributed by atoms with Crippen molar-refractivity contribution in [3.8, 4) is 0 Å². The van der Waals surface area contributed by atoms with E-state index in [2.05, 4.69) is 0 Å².